The zero-order valence-corrected chi connectivity index (χ0v) is 18.6. The first kappa shape index (κ1) is 22.6. The number of carbonyl (C=O) groups is 3. The van der Waals surface area contributed by atoms with Gasteiger partial charge in [0, 0.05) is 38.3 Å². The number of nitrogens with zero attached hydrogens (tertiary/aromatic N) is 2. The molecular formula is C24H31N3O4. The molecule has 7 nitrogen and oxygen atoms in total. The van der Waals surface area contributed by atoms with Crippen molar-refractivity contribution in [2.75, 3.05) is 32.8 Å². The summed E-state index contributed by atoms with van der Waals surface area (Å²) in [6.45, 7) is 7.58. The molecule has 1 N–H and O–H groups in total. The Balaban J connectivity index is 1.52. The summed E-state index contributed by atoms with van der Waals surface area (Å²) in [5.41, 5.74) is 3.33. The van der Waals surface area contributed by atoms with Crippen molar-refractivity contribution in [1.82, 2.24) is 14.8 Å². The standard InChI is InChI=1S/C24H31N3O4/c1-4-31-24(30)21-17(2)22(25-18(21)3)23(29)27-15-13-26(14-16-27)20(28)12-8-11-19-9-6-5-7-10-19/h5-7,9-10,25H,4,8,11-16H2,1-3H3. The summed E-state index contributed by atoms with van der Waals surface area (Å²) in [4.78, 5) is 44.4. The number of nitrogens with one attached hydrogen (secondary N) is 1. The number of amides is 2. The number of aryl methyl sites for hydroxylation is 2. The number of H-pyrrole nitrogens is 1. The van der Waals surface area contributed by atoms with Crippen molar-refractivity contribution in [3.8, 4) is 0 Å². The first-order chi connectivity index (χ1) is 14.9. The maximum absolute atomic E-state index is 13.0. The summed E-state index contributed by atoms with van der Waals surface area (Å²) in [6.07, 6.45) is 2.22. The summed E-state index contributed by atoms with van der Waals surface area (Å²) < 4.78 is 5.10. The van der Waals surface area contributed by atoms with E-state index < -0.39 is 5.97 Å². The van der Waals surface area contributed by atoms with E-state index in [1.54, 1.807) is 25.7 Å². The van der Waals surface area contributed by atoms with Crippen LogP contribution in [-0.4, -0.2) is 65.4 Å². The van der Waals surface area contributed by atoms with E-state index in [4.69, 9.17) is 4.74 Å². The van der Waals surface area contributed by atoms with Crippen LogP contribution in [0, 0.1) is 13.8 Å². The van der Waals surface area contributed by atoms with Crippen LogP contribution in [0.15, 0.2) is 30.3 Å². The van der Waals surface area contributed by atoms with E-state index in [-0.39, 0.29) is 18.4 Å². The molecule has 1 fully saturated rings. The number of carbonyl (C=O) groups excluding carboxylic acids is 3. The number of ether oxygens (including phenoxy) is 1. The second-order valence-electron chi connectivity index (χ2n) is 7.86. The zero-order chi connectivity index (χ0) is 22.4. The van der Waals surface area contributed by atoms with Gasteiger partial charge in [0.05, 0.1) is 12.2 Å². The van der Waals surface area contributed by atoms with Crippen molar-refractivity contribution in [1.29, 1.82) is 0 Å². The van der Waals surface area contributed by atoms with E-state index in [2.05, 4.69) is 17.1 Å². The van der Waals surface area contributed by atoms with Gasteiger partial charge in [0.2, 0.25) is 5.91 Å². The van der Waals surface area contributed by atoms with E-state index in [1.807, 2.05) is 23.1 Å². The van der Waals surface area contributed by atoms with Gasteiger partial charge in [-0.2, -0.15) is 0 Å². The fourth-order valence-corrected chi connectivity index (χ4v) is 4.04. The molecule has 166 valence electrons. The lowest BCUT2D eigenvalue weighted by atomic mass is 10.1. The van der Waals surface area contributed by atoms with Crippen LogP contribution in [0.4, 0.5) is 0 Å². The maximum atomic E-state index is 13.0. The van der Waals surface area contributed by atoms with Crippen molar-refractivity contribution in [2.24, 2.45) is 0 Å². The lowest BCUT2D eigenvalue weighted by Gasteiger charge is -2.34. The van der Waals surface area contributed by atoms with Gasteiger partial charge in [-0.1, -0.05) is 30.3 Å². The lowest BCUT2D eigenvalue weighted by molar-refractivity contribution is -0.132. The van der Waals surface area contributed by atoms with Crippen LogP contribution < -0.4 is 0 Å². The van der Waals surface area contributed by atoms with E-state index in [9.17, 15) is 14.4 Å². The van der Waals surface area contributed by atoms with Crippen LogP contribution in [0.5, 0.6) is 0 Å². The fourth-order valence-electron chi connectivity index (χ4n) is 4.04. The molecule has 0 saturated carbocycles. The Bertz CT molecular complexity index is 928. The number of hydrogen-bond acceptors (Lipinski definition) is 4. The first-order valence-electron chi connectivity index (χ1n) is 10.9. The molecule has 0 unspecified atom stereocenters. The summed E-state index contributed by atoms with van der Waals surface area (Å²) in [6, 6.07) is 10.2. The number of hydrogen-bond donors (Lipinski definition) is 1. The highest BCUT2D eigenvalue weighted by molar-refractivity contribution is 6.00. The third-order valence-electron chi connectivity index (χ3n) is 5.75. The summed E-state index contributed by atoms with van der Waals surface area (Å²) in [5, 5.41) is 0. The van der Waals surface area contributed by atoms with E-state index >= 15 is 0 Å². The third-order valence-corrected chi connectivity index (χ3v) is 5.75. The molecule has 1 aliphatic rings. The first-order valence-corrected chi connectivity index (χ1v) is 10.9. The predicted molar refractivity (Wildman–Crippen MR) is 118 cm³/mol. The van der Waals surface area contributed by atoms with Gasteiger partial charge < -0.3 is 19.5 Å². The van der Waals surface area contributed by atoms with Gasteiger partial charge >= 0.3 is 5.97 Å². The number of aromatic amines is 1. The van der Waals surface area contributed by atoms with Crippen LogP contribution in [0.1, 0.15) is 57.4 Å². The highest BCUT2D eigenvalue weighted by Gasteiger charge is 2.29. The highest BCUT2D eigenvalue weighted by Crippen LogP contribution is 2.21. The van der Waals surface area contributed by atoms with Gasteiger partial charge in [-0.15, -0.1) is 0 Å². The normalized spacial score (nSPS) is 13.9. The molecule has 2 amide bonds. The van der Waals surface area contributed by atoms with Gasteiger partial charge in [0.1, 0.15) is 5.69 Å². The molecule has 0 radical (unpaired) electrons. The number of piperazine rings is 1. The molecule has 1 aromatic carbocycles. The van der Waals surface area contributed by atoms with Gasteiger partial charge in [-0.05, 0) is 44.7 Å². The molecule has 31 heavy (non-hydrogen) atoms. The largest absolute Gasteiger partial charge is 0.462 e. The number of esters is 1. The average Bonchev–Trinajstić information content (AvgIpc) is 3.08. The Morgan fingerprint density at radius 1 is 1.00 bits per heavy atom. The molecule has 0 bridgehead atoms. The van der Waals surface area contributed by atoms with Crippen molar-refractivity contribution < 1.29 is 19.1 Å². The Labute approximate surface area is 183 Å². The Kier molecular flexibility index (Phi) is 7.50. The smallest absolute Gasteiger partial charge is 0.340 e. The molecule has 0 atom stereocenters. The molecule has 1 aromatic heterocycles. The predicted octanol–water partition coefficient (Wildman–Crippen LogP) is 3.12. The minimum Gasteiger partial charge on any atom is -0.462 e. The van der Waals surface area contributed by atoms with Crippen LogP contribution in [0.25, 0.3) is 0 Å². The molecule has 7 heteroatoms. The minimum absolute atomic E-state index is 0.138. The molecular weight excluding hydrogens is 394 g/mol. The summed E-state index contributed by atoms with van der Waals surface area (Å²) >= 11 is 0. The number of rotatable bonds is 7. The second kappa shape index (κ2) is 10.3. The van der Waals surface area contributed by atoms with Crippen LogP contribution in [-0.2, 0) is 16.0 Å². The Hall–Kier alpha value is -3.09. The van der Waals surface area contributed by atoms with Gasteiger partial charge in [0.15, 0.2) is 0 Å². The van der Waals surface area contributed by atoms with E-state index in [0.717, 1.165) is 12.8 Å². The minimum atomic E-state index is -0.418. The third kappa shape index (κ3) is 5.34. The lowest BCUT2D eigenvalue weighted by Crippen LogP contribution is -2.50. The van der Waals surface area contributed by atoms with Gasteiger partial charge in [-0.3, -0.25) is 9.59 Å². The van der Waals surface area contributed by atoms with Crippen LogP contribution in [0.2, 0.25) is 0 Å². The molecule has 2 heterocycles. The zero-order valence-electron chi connectivity index (χ0n) is 18.6. The van der Waals surface area contributed by atoms with Gasteiger partial charge in [-0.25, -0.2) is 4.79 Å². The molecule has 1 aliphatic heterocycles. The summed E-state index contributed by atoms with van der Waals surface area (Å²) in [7, 11) is 0. The SMILES string of the molecule is CCOC(=O)c1c(C)[nH]c(C(=O)N2CCN(C(=O)CCCc3ccccc3)CC2)c1C. The van der Waals surface area contributed by atoms with Crippen molar-refractivity contribution in [2.45, 2.75) is 40.0 Å². The average molecular weight is 426 g/mol. The maximum Gasteiger partial charge on any atom is 0.340 e. The fraction of sp³-hybridized carbons (Fsp3) is 0.458. The van der Waals surface area contributed by atoms with Crippen LogP contribution in [0.3, 0.4) is 0 Å². The monoisotopic (exact) mass is 425 g/mol. The Morgan fingerprint density at radius 2 is 1.65 bits per heavy atom. The second-order valence-corrected chi connectivity index (χ2v) is 7.86. The van der Waals surface area contributed by atoms with Crippen molar-refractivity contribution in [3.63, 3.8) is 0 Å². The molecule has 1 saturated heterocycles. The van der Waals surface area contributed by atoms with Gasteiger partial charge in [0.25, 0.3) is 5.91 Å². The molecule has 0 aliphatic carbocycles. The highest BCUT2D eigenvalue weighted by atomic mass is 16.5. The number of aromatic nitrogens is 1. The number of benzene rings is 1. The molecule has 0 spiro atoms. The van der Waals surface area contributed by atoms with E-state index in [0.29, 0.717) is 55.1 Å². The Morgan fingerprint density at radius 3 is 2.29 bits per heavy atom. The molecule has 2 aromatic rings. The van der Waals surface area contributed by atoms with Crippen LogP contribution >= 0.6 is 0 Å². The quantitative estimate of drug-likeness (QED) is 0.691. The van der Waals surface area contributed by atoms with Crippen molar-refractivity contribution >= 4 is 17.8 Å². The topological polar surface area (TPSA) is 82.7 Å². The van der Waals surface area contributed by atoms with Crippen molar-refractivity contribution in [3.05, 3.63) is 58.4 Å². The molecule has 3 rings (SSSR count). The summed E-state index contributed by atoms with van der Waals surface area (Å²) in [5.74, 6) is -0.425. The van der Waals surface area contributed by atoms with E-state index in [1.165, 1.54) is 5.56 Å².